The number of carbonyl (C=O) groups is 2. The highest BCUT2D eigenvalue weighted by Crippen LogP contribution is 2.13. The number of rotatable bonds is 26. The van der Waals surface area contributed by atoms with Crippen molar-refractivity contribution in [2.45, 2.75) is 135 Å². The Bertz CT molecular complexity index is 513. The molecule has 1 amide bonds. The van der Waals surface area contributed by atoms with Crippen LogP contribution in [0.1, 0.15) is 135 Å². The summed E-state index contributed by atoms with van der Waals surface area (Å²) < 4.78 is 10.3. The molecule has 0 spiro atoms. The molecule has 0 aliphatic carbocycles. The number of alkyl carbamates (subject to hydrolysis) is 1. The van der Waals surface area contributed by atoms with Crippen LogP contribution in [0.5, 0.6) is 0 Å². The van der Waals surface area contributed by atoms with E-state index in [9.17, 15) is 9.59 Å². The monoisotopic (exact) mass is 559 g/mol. The van der Waals surface area contributed by atoms with Crippen molar-refractivity contribution >= 4 is 28.0 Å². The highest BCUT2D eigenvalue weighted by molar-refractivity contribution is 9.09. The average molecular weight is 561 g/mol. The molecule has 0 saturated heterocycles. The van der Waals surface area contributed by atoms with Crippen molar-refractivity contribution in [1.82, 2.24) is 5.32 Å². The molecule has 0 atom stereocenters. The zero-order chi connectivity index (χ0) is 25.8. The predicted molar refractivity (Wildman–Crippen MR) is 151 cm³/mol. The van der Waals surface area contributed by atoms with Gasteiger partial charge in [-0.1, -0.05) is 132 Å². The van der Waals surface area contributed by atoms with Crippen LogP contribution in [0, 0.1) is 0 Å². The van der Waals surface area contributed by atoms with Gasteiger partial charge in [0.1, 0.15) is 13.2 Å². The van der Waals surface area contributed by atoms with Gasteiger partial charge in [0.05, 0.1) is 0 Å². The summed E-state index contributed by atoms with van der Waals surface area (Å²) in [5, 5.41) is 3.73. The molecule has 0 rings (SSSR count). The Labute approximate surface area is 224 Å². The van der Waals surface area contributed by atoms with Crippen LogP contribution in [0.3, 0.4) is 0 Å². The van der Waals surface area contributed by atoms with E-state index in [0.717, 1.165) is 37.4 Å². The molecule has 35 heavy (non-hydrogen) atoms. The van der Waals surface area contributed by atoms with Crippen molar-refractivity contribution in [3.63, 3.8) is 0 Å². The molecular formula is C29H54BrNO4. The van der Waals surface area contributed by atoms with Crippen LogP contribution in [0.25, 0.3) is 0 Å². The fourth-order valence-corrected chi connectivity index (χ4v) is 4.32. The number of ether oxygens (including phenoxy) is 2. The Morgan fingerprint density at radius 3 is 1.63 bits per heavy atom. The van der Waals surface area contributed by atoms with Gasteiger partial charge in [0.2, 0.25) is 0 Å². The summed E-state index contributed by atoms with van der Waals surface area (Å²) >= 11 is 3.37. The van der Waals surface area contributed by atoms with Gasteiger partial charge in [-0.15, -0.1) is 0 Å². The van der Waals surface area contributed by atoms with Crippen molar-refractivity contribution in [2.75, 3.05) is 25.1 Å². The van der Waals surface area contributed by atoms with E-state index in [0.29, 0.717) is 18.5 Å². The summed E-state index contributed by atoms with van der Waals surface area (Å²) in [6.45, 7) is 6.88. The van der Waals surface area contributed by atoms with Gasteiger partial charge >= 0.3 is 12.1 Å². The van der Waals surface area contributed by atoms with Crippen molar-refractivity contribution in [3.8, 4) is 0 Å². The van der Waals surface area contributed by atoms with Gasteiger partial charge in [-0.2, -0.15) is 0 Å². The lowest BCUT2D eigenvalue weighted by Crippen LogP contribution is -2.26. The summed E-state index contributed by atoms with van der Waals surface area (Å²) in [5.74, 6) is -0.228. The van der Waals surface area contributed by atoms with Crippen molar-refractivity contribution in [3.05, 3.63) is 12.2 Å². The maximum atomic E-state index is 11.8. The zero-order valence-electron chi connectivity index (χ0n) is 22.7. The minimum absolute atomic E-state index is 0.0711. The number of alkyl halides is 1. The summed E-state index contributed by atoms with van der Waals surface area (Å²) in [7, 11) is 0. The van der Waals surface area contributed by atoms with E-state index >= 15 is 0 Å². The highest BCUT2D eigenvalue weighted by atomic mass is 79.9. The van der Waals surface area contributed by atoms with Gasteiger partial charge in [-0.25, -0.2) is 4.79 Å². The third kappa shape index (κ3) is 27.4. The fourth-order valence-electron chi connectivity index (χ4n) is 3.92. The highest BCUT2D eigenvalue weighted by Gasteiger charge is 2.06. The third-order valence-electron chi connectivity index (χ3n) is 6.16. The van der Waals surface area contributed by atoms with E-state index in [-0.39, 0.29) is 19.2 Å². The summed E-state index contributed by atoms with van der Waals surface area (Å²) in [5.41, 5.74) is 0.580. The molecule has 206 valence electrons. The van der Waals surface area contributed by atoms with Crippen molar-refractivity contribution in [1.29, 1.82) is 0 Å². The van der Waals surface area contributed by atoms with Crippen LogP contribution in [0.15, 0.2) is 12.2 Å². The van der Waals surface area contributed by atoms with Crippen LogP contribution in [-0.2, 0) is 14.3 Å². The molecule has 0 radical (unpaired) electrons. The minimum atomic E-state index is -0.437. The fraction of sp³-hybridized carbons (Fsp3) is 0.862. The Kier molecular flexibility index (Phi) is 26.7. The largest absolute Gasteiger partial charge is 0.461 e. The van der Waals surface area contributed by atoms with E-state index < -0.39 is 6.09 Å². The van der Waals surface area contributed by atoms with Crippen LogP contribution in [-0.4, -0.2) is 37.2 Å². The van der Waals surface area contributed by atoms with Gasteiger partial charge in [0.15, 0.2) is 0 Å². The number of carbonyl (C=O) groups excluding carboxylic acids is 2. The second kappa shape index (κ2) is 27.5. The summed E-state index contributed by atoms with van der Waals surface area (Å²) in [6.07, 6.45) is 24.2. The topological polar surface area (TPSA) is 64.6 Å². The van der Waals surface area contributed by atoms with Gasteiger partial charge in [-0.05, 0) is 24.8 Å². The predicted octanol–water partition coefficient (Wildman–Crippen LogP) is 9.03. The van der Waals surface area contributed by atoms with E-state index in [2.05, 4.69) is 34.7 Å². The number of amides is 1. The van der Waals surface area contributed by atoms with Crippen LogP contribution in [0.4, 0.5) is 4.79 Å². The minimum Gasteiger partial charge on any atom is -0.461 e. The summed E-state index contributed by atoms with van der Waals surface area (Å²) in [4.78, 5) is 23.4. The van der Waals surface area contributed by atoms with E-state index in [4.69, 9.17) is 9.47 Å². The number of unbranched alkanes of at least 4 members (excludes halogenated alkanes) is 17. The van der Waals surface area contributed by atoms with Crippen molar-refractivity contribution in [2.24, 2.45) is 0 Å². The van der Waals surface area contributed by atoms with Crippen LogP contribution < -0.4 is 5.32 Å². The van der Waals surface area contributed by atoms with Gasteiger partial charge in [-0.3, -0.25) is 4.79 Å². The average Bonchev–Trinajstić information content (AvgIpc) is 2.86. The number of hydrogen-bond donors (Lipinski definition) is 1. The lowest BCUT2D eigenvalue weighted by molar-refractivity contribution is -0.142. The number of halogens is 1. The zero-order valence-corrected chi connectivity index (χ0v) is 24.3. The smallest absolute Gasteiger partial charge is 0.407 e. The van der Waals surface area contributed by atoms with Crippen molar-refractivity contribution < 1.29 is 19.1 Å². The normalized spacial score (nSPS) is 10.8. The first kappa shape index (κ1) is 34.0. The maximum Gasteiger partial charge on any atom is 0.407 e. The van der Waals surface area contributed by atoms with Gasteiger partial charge in [0, 0.05) is 18.3 Å². The first-order valence-electron chi connectivity index (χ1n) is 14.4. The molecule has 0 aliphatic heterocycles. The Morgan fingerprint density at radius 1 is 0.657 bits per heavy atom. The number of esters is 1. The number of nitrogens with one attached hydrogen (secondary N) is 1. The molecule has 0 bridgehead atoms. The molecule has 0 fully saturated rings. The van der Waals surface area contributed by atoms with E-state index in [1.165, 1.54) is 89.9 Å². The lowest BCUT2D eigenvalue weighted by Gasteiger charge is -2.10. The molecule has 0 aromatic rings. The van der Waals surface area contributed by atoms with E-state index in [1.807, 2.05) is 0 Å². The van der Waals surface area contributed by atoms with Crippen LogP contribution in [0.2, 0.25) is 0 Å². The Morgan fingerprint density at radius 2 is 1.11 bits per heavy atom. The molecule has 0 aromatic carbocycles. The Balaban J connectivity index is 3.34. The molecule has 0 saturated carbocycles. The Hall–Kier alpha value is -1.04. The molecule has 0 aromatic heterocycles. The van der Waals surface area contributed by atoms with Gasteiger partial charge < -0.3 is 14.8 Å². The third-order valence-corrected chi connectivity index (χ3v) is 6.72. The molecule has 0 heterocycles. The maximum absolute atomic E-state index is 11.8. The first-order valence-corrected chi connectivity index (χ1v) is 15.5. The lowest BCUT2D eigenvalue weighted by atomic mass is 10.0. The quantitative estimate of drug-likeness (QED) is 0.0496. The van der Waals surface area contributed by atoms with Gasteiger partial charge in [0.25, 0.3) is 0 Å². The molecular weight excluding hydrogens is 506 g/mol. The standard InChI is InChI=1S/C29H54BrNO4/c1-3-4-5-6-7-8-9-10-11-12-13-14-15-16-17-21-24-31-29(33)35-26-27(2)25-34-28(32)22-19-18-20-23-30/h2-26H2,1H3,(H,31,33). The molecule has 6 heteroatoms. The summed E-state index contributed by atoms with van der Waals surface area (Å²) in [6, 6.07) is 0. The molecule has 1 N–H and O–H groups in total. The van der Waals surface area contributed by atoms with E-state index in [1.54, 1.807) is 0 Å². The molecule has 5 nitrogen and oxygen atoms in total. The number of hydrogen-bond acceptors (Lipinski definition) is 4. The van der Waals surface area contributed by atoms with Crippen LogP contribution >= 0.6 is 15.9 Å². The molecule has 0 aliphatic rings. The molecule has 0 unspecified atom stereocenters. The second-order valence-corrected chi connectivity index (χ2v) is 10.5. The SMILES string of the molecule is C=C(COC(=O)CCCCCBr)COC(=O)NCCCCCCCCCCCCCCCCCC. The first-order chi connectivity index (χ1) is 17.1. The second-order valence-electron chi connectivity index (χ2n) is 9.72.